The van der Waals surface area contributed by atoms with E-state index in [0.29, 0.717) is 5.75 Å². The monoisotopic (exact) mass is 223 g/mol. The Balaban J connectivity index is 2.36. The van der Waals surface area contributed by atoms with Crippen LogP contribution in [0.4, 0.5) is 0 Å². The molecule has 1 aromatic rings. The number of hydrogen-bond acceptors (Lipinski definition) is 3. The fraction of sp³-hybridized carbons (Fsp3) is 0.400. The van der Waals surface area contributed by atoms with E-state index in [1.54, 1.807) is 11.8 Å². The smallest absolute Gasteiger partial charge is 0.0690 e. The number of aryl methyl sites for hydroxylation is 1. The van der Waals surface area contributed by atoms with Crippen LogP contribution in [0.25, 0.3) is 10.4 Å². The van der Waals surface area contributed by atoms with Crippen LogP contribution in [0.15, 0.2) is 34.3 Å². The molecule has 1 aromatic carbocycles. The number of nitrogens with zero attached hydrogens (tertiary/aromatic N) is 3. The molecule has 0 heterocycles. The number of aliphatic hydroxyl groups excluding tert-OH is 1. The van der Waals surface area contributed by atoms with Crippen molar-refractivity contribution in [3.05, 3.63) is 40.3 Å². The van der Waals surface area contributed by atoms with Gasteiger partial charge in [-0.25, -0.2) is 0 Å². The summed E-state index contributed by atoms with van der Waals surface area (Å²) in [7, 11) is 0. The lowest BCUT2D eigenvalue weighted by molar-refractivity contribution is 0.208. The summed E-state index contributed by atoms with van der Waals surface area (Å²) < 4.78 is 0. The van der Waals surface area contributed by atoms with Crippen molar-refractivity contribution in [1.29, 1.82) is 0 Å². The van der Waals surface area contributed by atoms with Crippen LogP contribution in [-0.2, 0) is 0 Å². The number of aliphatic hydroxyl groups is 1. The van der Waals surface area contributed by atoms with Gasteiger partial charge in [0.2, 0.25) is 0 Å². The maximum absolute atomic E-state index is 9.41. The van der Waals surface area contributed by atoms with Crippen molar-refractivity contribution in [3.63, 3.8) is 0 Å². The van der Waals surface area contributed by atoms with E-state index in [4.69, 9.17) is 5.53 Å². The zero-order valence-corrected chi connectivity index (χ0v) is 9.31. The van der Waals surface area contributed by atoms with Crippen molar-refractivity contribution < 1.29 is 5.11 Å². The predicted molar refractivity (Wildman–Crippen MR) is 61.9 cm³/mol. The fourth-order valence-corrected chi connectivity index (χ4v) is 1.83. The summed E-state index contributed by atoms with van der Waals surface area (Å²) >= 11 is 1.55. The first-order valence-electron chi connectivity index (χ1n) is 4.61. The van der Waals surface area contributed by atoms with E-state index in [0.717, 1.165) is 4.90 Å². The molecule has 4 nitrogen and oxygen atoms in total. The highest BCUT2D eigenvalue weighted by atomic mass is 32.2. The van der Waals surface area contributed by atoms with E-state index < -0.39 is 6.10 Å². The molecular formula is C10H13N3OS. The number of benzene rings is 1. The summed E-state index contributed by atoms with van der Waals surface area (Å²) in [5.41, 5.74) is 9.29. The number of rotatable bonds is 5. The average molecular weight is 223 g/mol. The highest BCUT2D eigenvalue weighted by Gasteiger charge is 2.03. The normalized spacial score (nSPS) is 11.9. The zero-order chi connectivity index (χ0) is 11.1. The molecule has 15 heavy (non-hydrogen) atoms. The Kier molecular flexibility index (Phi) is 5.04. The fourth-order valence-electron chi connectivity index (χ4n) is 1.01. The second-order valence-electron chi connectivity index (χ2n) is 3.19. The molecule has 0 aliphatic heterocycles. The van der Waals surface area contributed by atoms with Crippen molar-refractivity contribution in [2.75, 3.05) is 12.3 Å². The maximum Gasteiger partial charge on any atom is 0.0690 e. The van der Waals surface area contributed by atoms with Gasteiger partial charge in [0.25, 0.3) is 0 Å². The summed E-state index contributed by atoms with van der Waals surface area (Å²) in [6.07, 6.45) is -0.577. The molecule has 5 heteroatoms. The molecule has 0 saturated heterocycles. The zero-order valence-electron chi connectivity index (χ0n) is 8.50. The number of azide groups is 1. The second-order valence-corrected chi connectivity index (χ2v) is 4.28. The third-order valence-corrected chi connectivity index (χ3v) is 2.98. The van der Waals surface area contributed by atoms with Gasteiger partial charge in [0.05, 0.1) is 12.6 Å². The van der Waals surface area contributed by atoms with Gasteiger partial charge in [-0.3, -0.25) is 0 Å². The Hall–Kier alpha value is -1.16. The van der Waals surface area contributed by atoms with Gasteiger partial charge in [-0.05, 0) is 24.6 Å². The maximum atomic E-state index is 9.41. The van der Waals surface area contributed by atoms with Crippen molar-refractivity contribution in [1.82, 2.24) is 0 Å². The van der Waals surface area contributed by atoms with E-state index in [2.05, 4.69) is 10.0 Å². The minimum Gasteiger partial charge on any atom is -0.392 e. The van der Waals surface area contributed by atoms with Crippen LogP contribution in [0.2, 0.25) is 0 Å². The summed E-state index contributed by atoms with van der Waals surface area (Å²) in [5.74, 6) is 0.544. The standard InChI is InChI=1S/C10H13N3OS/c1-8-2-4-10(5-3-8)15-7-9(14)6-12-13-11/h2-5,9,14H,6-7H2,1H3/t9-/m0/s1. The molecule has 0 amide bonds. The Morgan fingerprint density at radius 2 is 2.13 bits per heavy atom. The topological polar surface area (TPSA) is 69.0 Å². The minimum atomic E-state index is -0.577. The third-order valence-electron chi connectivity index (χ3n) is 1.82. The van der Waals surface area contributed by atoms with Crippen molar-refractivity contribution in [3.8, 4) is 0 Å². The highest BCUT2D eigenvalue weighted by molar-refractivity contribution is 7.99. The summed E-state index contributed by atoms with van der Waals surface area (Å²) in [4.78, 5) is 3.71. The quantitative estimate of drug-likeness (QED) is 0.361. The minimum absolute atomic E-state index is 0.134. The lowest BCUT2D eigenvalue weighted by Gasteiger charge is -2.06. The lowest BCUT2D eigenvalue weighted by atomic mass is 10.2. The van der Waals surface area contributed by atoms with Crippen LogP contribution >= 0.6 is 11.8 Å². The van der Waals surface area contributed by atoms with Crippen LogP contribution in [0.5, 0.6) is 0 Å². The molecule has 80 valence electrons. The average Bonchev–Trinajstić information content (AvgIpc) is 2.25. The van der Waals surface area contributed by atoms with Crippen LogP contribution < -0.4 is 0 Å². The van der Waals surface area contributed by atoms with E-state index in [1.807, 2.05) is 31.2 Å². The molecule has 0 aliphatic rings. The molecule has 1 atom stereocenters. The van der Waals surface area contributed by atoms with Gasteiger partial charge in [0.15, 0.2) is 0 Å². The van der Waals surface area contributed by atoms with E-state index in [1.165, 1.54) is 5.56 Å². The Labute approximate surface area is 92.9 Å². The highest BCUT2D eigenvalue weighted by Crippen LogP contribution is 2.19. The van der Waals surface area contributed by atoms with Crippen LogP contribution in [-0.4, -0.2) is 23.5 Å². The molecule has 0 aliphatic carbocycles. The van der Waals surface area contributed by atoms with Gasteiger partial charge in [-0.1, -0.05) is 22.8 Å². The van der Waals surface area contributed by atoms with Gasteiger partial charge in [-0.2, -0.15) is 0 Å². The Morgan fingerprint density at radius 1 is 1.47 bits per heavy atom. The van der Waals surface area contributed by atoms with Gasteiger partial charge >= 0.3 is 0 Å². The summed E-state index contributed by atoms with van der Waals surface area (Å²) in [5, 5.41) is 12.7. The van der Waals surface area contributed by atoms with Crippen LogP contribution in [0.3, 0.4) is 0 Å². The molecule has 1 N–H and O–H groups in total. The Bertz CT molecular complexity index is 346. The first-order valence-corrected chi connectivity index (χ1v) is 5.59. The van der Waals surface area contributed by atoms with Crippen molar-refractivity contribution in [2.24, 2.45) is 5.11 Å². The molecule has 0 spiro atoms. The summed E-state index contributed by atoms with van der Waals surface area (Å²) in [6.45, 7) is 2.17. The van der Waals surface area contributed by atoms with Gasteiger partial charge in [0.1, 0.15) is 0 Å². The van der Waals surface area contributed by atoms with Gasteiger partial charge in [-0.15, -0.1) is 11.8 Å². The van der Waals surface area contributed by atoms with Crippen molar-refractivity contribution >= 4 is 11.8 Å². The summed E-state index contributed by atoms with van der Waals surface area (Å²) in [6, 6.07) is 8.09. The molecule has 0 bridgehead atoms. The first kappa shape index (κ1) is 11.9. The van der Waals surface area contributed by atoms with Gasteiger partial charge < -0.3 is 5.11 Å². The SMILES string of the molecule is Cc1ccc(SC[C@@H](O)CN=[N+]=[N-])cc1. The molecule has 0 aromatic heterocycles. The first-order chi connectivity index (χ1) is 7.22. The lowest BCUT2D eigenvalue weighted by Crippen LogP contribution is -2.13. The second kappa shape index (κ2) is 6.35. The van der Waals surface area contributed by atoms with Crippen LogP contribution in [0, 0.1) is 6.92 Å². The molecule has 0 radical (unpaired) electrons. The predicted octanol–water partition coefficient (Wildman–Crippen LogP) is 2.76. The van der Waals surface area contributed by atoms with Crippen LogP contribution in [0.1, 0.15) is 5.56 Å². The number of thioether (sulfide) groups is 1. The Morgan fingerprint density at radius 3 is 2.73 bits per heavy atom. The van der Waals surface area contributed by atoms with Gasteiger partial charge in [0, 0.05) is 15.6 Å². The molecule has 0 saturated carbocycles. The third kappa shape index (κ3) is 4.74. The van der Waals surface area contributed by atoms with Crippen molar-refractivity contribution in [2.45, 2.75) is 17.9 Å². The van der Waals surface area contributed by atoms with E-state index >= 15 is 0 Å². The molecule has 1 rings (SSSR count). The number of hydrogen-bond donors (Lipinski definition) is 1. The molecule has 0 fully saturated rings. The molecular weight excluding hydrogens is 210 g/mol. The largest absolute Gasteiger partial charge is 0.392 e. The van der Waals surface area contributed by atoms with E-state index in [9.17, 15) is 5.11 Å². The molecule has 0 unspecified atom stereocenters. The van der Waals surface area contributed by atoms with E-state index in [-0.39, 0.29) is 6.54 Å².